The highest BCUT2D eigenvalue weighted by molar-refractivity contribution is 7.86. The van der Waals surface area contributed by atoms with Crippen LogP contribution in [0.4, 0.5) is 5.82 Å². The quantitative estimate of drug-likeness (QED) is 0.839. The van der Waals surface area contributed by atoms with Crippen LogP contribution in [0.1, 0.15) is 37.9 Å². The lowest BCUT2D eigenvalue weighted by Crippen LogP contribution is -2.53. The molecule has 0 bridgehead atoms. The molecule has 1 fully saturated rings. The van der Waals surface area contributed by atoms with E-state index in [1.807, 2.05) is 19.1 Å². The monoisotopic (exact) mass is 358 g/mol. The summed E-state index contributed by atoms with van der Waals surface area (Å²) in [5.74, 6) is 2.37. The zero-order valence-corrected chi connectivity index (χ0v) is 16.3. The first-order valence-corrected chi connectivity index (χ1v) is 10.2. The smallest absolute Gasteiger partial charge is 0.163 e. The first kappa shape index (κ1) is 18.0. The van der Waals surface area contributed by atoms with Crippen molar-refractivity contribution >= 4 is 16.6 Å². The molecule has 0 spiro atoms. The maximum atomic E-state index is 12.6. The minimum atomic E-state index is -0.779. The van der Waals surface area contributed by atoms with Gasteiger partial charge in [-0.15, -0.1) is 0 Å². The van der Waals surface area contributed by atoms with Gasteiger partial charge in [-0.05, 0) is 38.8 Å². The third-order valence-electron chi connectivity index (χ3n) is 5.38. The van der Waals surface area contributed by atoms with Crippen LogP contribution in [-0.4, -0.2) is 42.8 Å². The van der Waals surface area contributed by atoms with Crippen LogP contribution in [0.5, 0.6) is 0 Å². The summed E-state index contributed by atoms with van der Waals surface area (Å²) in [7, 11) is -0.779. The van der Waals surface area contributed by atoms with Gasteiger partial charge in [0.05, 0.1) is 4.75 Å². The Hall–Kier alpha value is -1.82. The van der Waals surface area contributed by atoms with Crippen LogP contribution in [0.2, 0.25) is 0 Å². The Labute approximate surface area is 152 Å². The number of hydrogen-bond donors (Lipinski definition) is 0. The number of hydrogen-bond acceptors (Lipinski definition) is 5. The summed E-state index contributed by atoms with van der Waals surface area (Å²) in [5, 5.41) is 0. The van der Waals surface area contributed by atoms with Gasteiger partial charge in [-0.25, -0.2) is 9.97 Å². The summed E-state index contributed by atoms with van der Waals surface area (Å²) in [6.07, 6.45) is 5.39. The highest BCUT2D eigenvalue weighted by Crippen LogP contribution is 2.33. The molecule has 2 aromatic heterocycles. The van der Waals surface area contributed by atoms with Crippen LogP contribution >= 0.6 is 0 Å². The normalized spacial score (nSPS) is 19.8. The van der Waals surface area contributed by atoms with Crippen molar-refractivity contribution in [1.82, 2.24) is 15.0 Å². The fourth-order valence-corrected chi connectivity index (χ4v) is 5.19. The van der Waals surface area contributed by atoms with Crippen LogP contribution in [0.15, 0.2) is 24.5 Å². The van der Waals surface area contributed by atoms with Crippen LogP contribution in [0.3, 0.4) is 0 Å². The highest BCUT2D eigenvalue weighted by atomic mass is 32.2. The van der Waals surface area contributed by atoms with E-state index < -0.39 is 10.8 Å². The summed E-state index contributed by atoms with van der Waals surface area (Å²) >= 11 is 0. The molecule has 0 radical (unpaired) electrons. The summed E-state index contributed by atoms with van der Waals surface area (Å²) in [6, 6.07) is 3.88. The van der Waals surface area contributed by atoms with Gasteiger partial charge in [-0.2, -0.15) is 0 Å². The summed E-state index contributed by atoms with van der Waals surface area (Å²) < 4.78 is 12.5. The predicted molar refractivity (Wildman–Crippen MR) is 103 cm³/mol. The standard InChI is InChI=1S/C19H26N4OS/c1-5-19(6-2)13-23(10-11-25(19)24)18-14(3)15(4)21-17(22-18)16-8-7-9-20-12-16/h7-9,12H,5-6,10-11,13H2,1-4H3. The number of anilines is 1. The van der Waals surface area contributed by atoms with Gasteiger partial charge in [-0.1, -0.05) is 13.8 Å². The molecule has 0 N–H and O–H groups in total. The first-order chi connectivity index (χ1) is 12.0. The van der Waals surface area contributed by atoms with E-state index in [1.54, 1.807) is 12.4 Å². The van der Waals surface area contributed by atoms with Gasteiger partial charge in [0.15, 0.2) is 5.82 Å². The van der Waals surface area contributed by atoms with E-state index in [-0.39, 0.29) is 4.75 Å². The van der Waals surface area contributed by atoms with Gasteiger partial charge >= 0.3 is 0 Å². The minimum Gasteiger partial charge on any atom is -0.354 e. The molecule has 5 nitrogen and oxygen atoms in total. The van der Waals surface area contributed by atoms with Gasteiger partial charge in [0.1, 0.15) is 5.82 Å². The molecule has 1 aliphatic heterocycles. The van der Waals surface area contributed by atoms with Crippen LogP contribution in [0, 0.1) is 13.8 Å². The average Bonchev–Trinajstić information content (AvgIpc) is 2.65. The van der Waals surface area contributed by atoms with E-state index in [4.69, 9.17) is 4.98 Å². The van der Waals surface area contributed by atoms with Crippen LogP contribution in [0.25, 0.3) is 11.4 Å². The fraction of sp³-hybridized carbons (Fsp3) is 0.526. The van der Waals surface area contributed by atoms with Crippen molar-refractivity contribution in [3.8, 4) is 11.4 Å². The second kappa shape index (κ2) is 7.20. The molecule has 1 saturated heterocycles. The lowest BCUT2D eigenvalue weighted by Gasteiger charge is -2.42. The Bertz CT molecular complexity index is 774. The lowest BCUT2D eigenvalue weighted by molar-refractivity contribution is 0.494. The molecule has 0 aromatic carbocycles. The zero-order chi connectivity index (χ0) is 18.0. The molecule has 2 aromatic rings. The molecule has 1 unspecified atom stereocenters. The molecule has 1 atom stereocenters. The topological polar surface area (TPSA) is 59.0 Å². The molecule has 6 heteroatoms. The Morgan fingerprint density at radius 2 is 2.00 bits per heavy atom. The van der Waals surface area contributed by atoms with Crippen molar-refractivity contribution in [2.45, 2.75) is 45.3 Å². The molecule has 25 heavy (non-hydrogen) atoms. The van der Waals surface area contributed by atoms with E-state index in [0.29, 0.717) is 11.6 Å². The maximum Gasteiger partial charge on any atom is 0.163 e. The maximum absolute atomic E-state index is 12.6. The minimum absolute atomic E-state index is 0.141. The predicted octanol–water partition coefficient (Wildman–Crippen LogP) is 3.28. The van der Waals surface area contributed by atoms with Crippen LogP contribution in [-0.2, 0) is 10.8 Å². The Kier molecular flexibility index (Phi) is 5.18. The second-order valence-corrected chi connectivity index (χ2v) is 8.65. The second-order valence-electron chi connectivity index (χ2n) is 6.68. The molecule has 134 valence electrons. The van der Waals surface area contributed by atoms with E-state index in [9.17, 15) is 4.21 Å². The largest absolute Gasteiger partial charge is 0.354 e. The summed E-state index contributed by atoms with van der Waals surface area (Å²) in [5.41, 5.74) is 3.00. The molecule has 3 heterocycles. The van der Waals surface area contributed by atoms with Crippen molar-refractivity contribution in [1.29, 1.82) is 0 Å². The van der Waals surface area contributed by atoms with Gasteiger partial charge in [-0.3, -0.25) is 9.19 Å². The summed E-state index contributed by atoms with van der Waals surface area (Å²) in [4.78, 5) is 16.0. The molecule has 0 saturated carbocycles. The zero-order valence-electron chi connectivity index (χ0n) is 15.5. The third kappa shape index (κ3) is 3.32. The van der Waals surface area contributed by atoms with Gasteiger partial charge < -0.3 is 4.90 Å². The Morgan fingerprint density at radius 1 is 1.24 bits per heavy atom. The molecule has 1 aliphatic rings. The molecular formula is C19H26N4OS. The lowest BCUT2D eigenvalue weighted by atomic mass is 10.0. The van der Waals surface area contributed by atoms with Crippen LogP contribution < -0.4 is 4.90 Å². The van der Waals surface area contributed by atoms with E-state index in [2.05, 4.69) is 35.6 Å². The van der Waals surface area contributed by atoms with E-state index in [1.165, 1.54) is 0 Å². The van der Waals surface area contributed by atoms with Gasteiger partial charge in [0.2, 0.25) is 0 Å². The third-order valence-corrected chi connectivity index (χ3v) is 7.61. The van der Waals surface area contributed by atoms with E-state index in [0.717, 1.165) is 48.6 Å². The van der Waals surface area contributed by atoms with Crippen molar-refractivity contribution in [2.24, 2.45) is 0 Å². The van der Waals surface area contributed by atoms with Gasteiger partial charge in [0.25, 0.3) is 0 Å². The number of rotatable bonds is 4. The number of pyridine rings is 1. The molecule has 0 amide bonds. The fourth-order valence-electron chi connectivity index (χ4n) is 3.43. The SMILES string of the molecule is CCC1(CC)CN(c2nc(-c3cccnc3)nc(C)c2C)CCS1=O. The molecule has 0 aliphatic carbocycles. The molecule has 3 rings (SSSR count). The Morgan fingerprint density at radius 3 is 2.64 bits per heavy atom. The van der Waals surface area contributed by atoms with E-state index >= 15 is 0 Å². The number of aromatic nitrogens is 3. The number of nitrogens with zero attached hydrogens (tertiary/aromatic N) is 4. The first-order valence-electron chi connectivity index (χ1n) is 8.90. The number of aryl methyl sites for hydroxylation is 1. The van der Waals surface area contributed by atoms with Crippen molar-refractivity contribution in [2.75, 3.05) is 23.7 Å². The van der Waals surface area contributed by atoms with Crippen molar-refractivity contribution in [3.05, 3.63) is 35.8 Å². The van der Waals surface area contributed by atoms with Crippen molar-refractivity contribution in [3.63, 3.8) is 0 Å². The van der Waals surface area contributed by atoms with Gasteiger partial charge in [0, 0.05) is 58.9 Å². The summed E-state index contributed by atoms with van der Waals surface area (Å²) in [6.45, 7) is 9.95. The molecular weight excluding hydrogens is 332 g/mol. The average molecular weight is 359 g/mol. The highest BCUT2D eigenvalue weighted by Gasteiger charge is 2.39. The van der Waals surface area contributed by atoms with Crippen molar-refractivity contribution < 1.29 is 4.21 Å². The Balaban J connectivity index is 2.02.